The predicted octanol–water partition coefficient (Wildman–Crippen LogP) is 4.55. The summed E-state index contributed by atoms with van der Waals surface area (Å²) in [6.45, 7) is 8.87. The molecule has 0 saturated carbocycles. The van der Waals surface area contributed by atoms with E-state index >= 15 is 0 Å². The molecule has 0 spiro atoms. The summed E-state index contributed by atoms with van der Waals surface area (Å²) >= 11 is 12.4. The molecule has 1 aliphatic rings. The maximum Gasteiger partial charge on any atom is 0.318 e. The Morgan fingerprint density at radius 1 is 1.13 bits per heavy atom. The van der Waals surface area contributed by atoms with Crippen LogP contribution in [-0.2, 0) is 11.3 Å². The lowest BCUT2D eigenvalue weighted by Gasteiger charge is -2.39. The molecule has 3 rings (SSSR count). The van der Waals surface area contributed by atoms with E-state index in [0.717, 1.165) is 11.3 Å². The summed E-state index contributed by atoms with van der Waals surface area (Å²) in [4.78, 5) is 29.4. The summed E-state index contributed by atoms with van der Waals surface area (Å²) in [7, 11) is 0. The fraction of sp³-hybridized carbons (Fsp3) is 0.455. The molecule has 2 aromatic rings. The van der Waals surface area contributed by atoms with E-state index in [-0.39, 0.29) is 36.6 Å². The SMILES string of the molecule is CC(C)NC(=O)N(CC(=O)N1CCn2cccc2[C@H]1c1ccc(Cl)c(Cl)c1)C(C)C. The van der Waals surface area contributed by atoms with Gasteiger partial charge in [0.15, 0.2) is 0 Å². The number of rotatable bonds is 5. The minimum absolute atomic E-state index is 0.00364. The molecule has 30 heavy (non-hydrogen) atoms. The Balaban J connectivity index is 1.91. The number of hydrogen-bond donors (Lipinski definition) is 1. The van der Waals surface area contributed by atoms with Crippen molar-refractivity contribution in [2.24, 2.45) is 0 Å². The number of benzene rings is 1. The van der Waals surface area contributed by atoms with E-state index in [1.807, 2.05) is 63.1 Å². The van der Waals surface area contributed by atoms with Crippen LogP contribution in [0, 0.1) is 0 Å². The van der Waals surface area contributed by atoms with Crippen LogP contribution >= 0.6 is 23.2 Å². The number of halogens is 2. The van der Waals surface area contributed by atoms with E-state index in [0.29, 0.717) is 23.1 Å². The van der Waals surface area contributed by atoms with Gasteiger partial charge < -0.3 is 19.7 Å². The molecule has 162 valence electrons. The van der Waals surface area contributed by atoms with Crippen molar-refractivity contribution < 1.29 is 9.59 Å². The molecule has 0 aliphatic carbocycles. The van der Waals surface area contributed by atoms with Gasteiger partial charge in [-0.05, 0) is 57.5 Å². The van der Waals surface area contributed by atoms with Crippen LogP contribution in [0.2, 0.25) is 10.0 Å². The lowest BCUT2D eigenvalue weighted by Crippen LogP contribution is -2.52. The van der Waals surface area contributed by atoms with Gasteiger partial charge in [-0.2, -0.15) is 0 Å². The molecule has 0 radical (unpaired) electrons. The first-order valence-electron chi connectivity index (χ1n) is 10.2. The summed E-state index contributed by atoms with van der Waals surface area (Å²) in [5, 5.41) is 3.80. The largest absolute Gasteiger partial charge is 0.348 e. The zero-order valence-corrected chi connectivity index (χ0v) is 19.2. The van der Waals surface area contributed by atoms with E-state index < -0.39 is 0 Å². The average molecular weight is 451 g/mol. The Kier molecular flexibility index (Phi) is 6.98. The van der Waals surface area contributed by atoms with Crippen LogP contribution in [0.15, 0.2) is 36.5 Å². The molecular formula is C22H28Cl2N4O2. The summed E-state index contributed by atoms with van der Waals surface area (Å²) in [5.41, 5.74) is 1.90. The van der Waals surface area contributed by atoms with Crippen LogP contribution in [0.5, 0.6) is 0 Å². The smallest absolute Gasteiger partial charge is 0.318 e. The third kappa shape index (κ3) is 4.76. The van der Waals surface area contributed by atoms with Crippen molar-refractivity contribution in [2.75, 3.05) is 13.1 Å². The topological polar surface area (TPSA) is 57.6 Å². The average Bonchev–Trinajstić information content (AvgIpc) is 3.15. The molecule has 1 N–H and O–H groups in total. The normalized spacial score (nSPS) is 16.0. The minimum atomic E-state index is -0.293. The fourth-order valence-electron chi connectivity index (χ4n) is 3.74. The molecule has 0 saturated heterocycles. The lowest BCUT2D eigenvalue weighted by atomic mass is 9.99. The second kappa shape index (κ2) is 9.31. The molecule has 2 heterocycles. The van der Waals surface area contributed by atoms with Crippen LogP contribution in [0.25, 0.3) is 0 Å². The van der Waals surface area contributed by atoms with Gasteiger partial charge in [-0.25, -0.2) is 4.79 Å². The summed E-state index contributed by atoms with van der Waals surface area (Å²) in [6, 6.07) is 8.80. The first kappa shape index (κ1) is 22.5. The minimum Gasteiger partial charge on any atom is -0.348 e. The molecule has 1 aliphatic heterocycles. The van der Waals surface area contributed by atoms with Crippen LogP contribution in [0.1, 0.15) is 45.0 Å². The van der Waals surface area contributed by atoms with Crippen molar-refractivity contribution in [1.82, 2.24) is 19.7 Å². The van der Waals surface area contributed by atoms with Gasteiger partial charge >= 0.3 is 6.03 Å². The van der Waals surface area contributed by atoms with Crippen molar-refractivity contribution in [1.29, 1.82) is 0 Å². The highest BCUT2D eigenvalue weighted by molar-refractivity contribution is 6.42. The third-order valence-electron chi connectivity index (χ3n) is 5.22. The Morgan fingerprint density at radius 3 is 2.50 bits per heavy atom. The number of hydrogen-bond acceptors (Lipinski definition) is 2. The van der Waals surface area contributed by atoms with Gasteiger partial charge in [-0.3, -0.25) is 4.79 Å². The van der Waals surface area contributed by atoms with Crippen molar-refractivity contribution in [3.05, 3.63) is 57.8 Å². The molecular weight excluding hydrogens is 423 g/mol. The number of carbonyl (C=O) groups excluding carboxylic acids is 2. The Hall–Kier alpha value is -2.18. The summed E-state index contributed by atoms with van der Waals surface area (Å²) in [6.07, 6.45) is 2.01. The zero-order chi connectivity index (χ0) is 22.0. The summed E-state index contributed by atoms with van der Waals surface area (Å²) in [5.74, 6) is -0.105. The summed E-state index contributed by atoms with van der Waals surface area (Å²) < 4.78 is 2.14. The number of aromatic nitrogens is 1. The quantitative estimate of drug-likeness (QED) is 0.725. The molecule has 3 amide bonds. The number of amides is 3. The van der Waals surface area contributed by atoms with Gasteiger partial charge in [0.1, 0.15) is 6.54 Å². The maximum absolute atomic E-state index is 13.4. The van der Waals surface area contributed by atoms with Gasteiger partial charge in [0, 0.05) is 37.1 Å². The first-order chi connectivity index (χ1) is 14.2. The number of fused-ring (bicyclic) bond motifs is 1. The first-order valence-corrected chi connectivity index (χ1v) is 10.9. The number of carbonyl (C=O) groups is 2. The molecule has 8 heteroatoms. The van der Waals surface area contributed by atoms with Crippen LogP contribution in [0.4, 0.5) is 4.79 Å². The predicted molar refractivity (Wildman–Crippen MR) is 120 cm³/mol. The van der Waals surface area contributed by atoms with E-state index in [1.54, 1.807) is 11.0 Å². The highest BCUT2D eigenvalue weighted by Crippen LogP contribution is 2.35. The van der Waals surface area contributed by atoms with E-state index in [1.165, 1.54) is 0 Å². The molecule has 0 unspecified atom stereocenters. The van der Waals surface area contributed by atoms with Gasteiger partial charge in [-0.1, -0.05) is 29.3 Å². The second-order valence-electron chi connectivity index (χ2n) is 8.12. The highest BCUT2D eigenvalue weighted by Gasteiger charge is 2.34. The van der Waals surface area contributed by atoms with Crippen molar-refractivity contribution >= 4 is 35.1 Å². The highest BCUT2D eigenvalue weighted by atomic mass is 35.5. The molecule has 1 aromatic carbocycles. The molecule has 0 fully saturated rings. The van der Waals surface area contributed by atoms with Crippen LogP contribution in [0.3, 0.4) is 0 Å². The number of urea groups is 1. The van der Waals surface area contributed by atoms with E-state index in [2.05, 4.69) is 9.88 Å². The van der Waals surface area contributed by atoms with Crippen LogP contribution in [-0.4, -0.2) is 51.5 Å². The number of nitrogens with zero attached hydrogens (tertiary/aromatic N) is 3. The standard InChI is InChI=1S/C22H28Cl2N4O2/c1-14(2)25-22(30)28(15(3)4)13-20(29)27-11-10-26-9-5-6-19(26)21(27)16-7-8-17(23)18(24)12-16/h5-9,12,14-15,21H,10-11,13H2,1-4H3,(H,25,30)/t21-/m1/s1. The molecule has 1 atom stereocenters. The van der Waals surface area contributed by atoms with Gasteiger partial charge in [0.2, 0.25) is 5.91 Å². The molecule has 6 nitrogen and oxygen atoms in total. The Bertz CT molecular complexity index is 926. The van der Waals surface area contributed by atoms with Crippen molar-refractivity contribution in [2.45, 2.75) is 52.4 Å². The number of nitrogens with one attached hydrogen (secondary N) is 1. The molecule has 1 aromatic heterocycles. The third-order valence-corrected chi connectivity index (χ3v) is 5.96. The molecule has 0 bridgehead atoms. The fourth-order valence-corrected chi connectivity index (χ4v) is 4.05. The lowest BCUT2D eigenvalue weighted by molar-refractivity contribution is -0.134. The van der Waals surface area contributed by atoms with Gasteiger partial charge in [0.25, 0.3) is 0 Å². The van der Waals surface area contributed by atoms with Crippen molar-refractivity contribution in [3.8, 4) is 0 Å². The van der Waals surface area contributed by atoms with Gasteiger partial charge in [-0.15, -0.1) is 0 Å². The Morgan fingerprint density at radius 2 is 1.87 bits per heavy atom. The second-order valence-corrected chi connectivity index (χ2v) is 8.93. The zero-order valence-electron chi connectivity index (χ0n) is 17.7. The maximum atomic E-state index is 13.4. The van der Waals surface area contributed by atoms with Crippen LogP contribution < -0.4 is 5.32 Å². The Labute approximate surface area is 187 Å². The monoisotopic (exact) mass is 450 g/mol. The van der Waals surface area contributed by atoms with E-state index in [4.69, 9.17) is 23.2 Å². The van der Waals surface area contributed by atoms with Gasteiger partial charge in [0.05, 0.1) is 16.1 Å². The van der Waals surface area contributed by atoms with Crippen molar-refractivity contribution in [3.63, 3.8) is 0 Å². The van der Waals surface area contributed by atoms with E-state index in [9.17, 15) is 9.59 Å².